The van der Waals surface area contributed by atoms with Gasteiger partial charge >= 0.3 is 0 Å². The fourth-order valence-electron chi connectivity index (χ4n) is 25.8. The molecule has 6 fully saturated rings. The van der Waals surface area contributed by atoms with Crippen LogP contribution in [0, 0.1) is 0 Å². The quantitative estimate of drug-likeness (QED) is 0.0444. The topological polar surface area (TPSA) is 250 Å². The summed E-state index contributed by atoms with van der Waals surface area (Å²) in [6.07, 6.45) is 23.8. The molecule has 0 aromatic carbocycles. The van der Waals surface area contributed by atoms with Gasteiger partial charge in [-0.3, -0.25) is 4.90 Å². The molecule has 3 aromatic rings. The summed E-state index contributed by atoms with van der Waals surface area (Å²) in [4.78, 5) is 108. The Balaban J connectivity index is 1.13. The maximum atomic E-state index is 6.34. The minimum absolute atomic E-state index is 0.0552. The van der Waals surface area contributed by atoms with Gasteiger partial charge in [0.15, 0.2) is 0 Å². The number of rotatable bonds is 50. The number of hydrogen-bond acceptors (Lipinski definition) is 31. The molecule has 3 aromatic heterocycles. The van der Waals surface area contributed by atoms with Crippen LogP contribution in [0.4, 0.5) is 53.5 Å². The molecular weight excluding hydrogens is 1660 g/mol. The lowest BCUT2D eigenvalue weighted by Crippen LogP contribution is -2.64. The summed E-state index contributed by atoms with van der Waals surface area (Å²) in [6.45, 7) is 78.4. The van der Waals surface area contributed by atoms with Crippen molar-refractivity contribution in [2.24, 2.45) is 0 Å². The number of anilines is 9. The number of nitrogens with one attached hydrogen (secondary N) is 3. The van der Waals surface area contributed by atoms with Gasteiger partial charge in [0.2, 0.25) is 53.5 Å². The summed E-state index contributed by atoms with van der Waals surface area (Å²) in [6, 6.07) is 0.566. The number of nitrogens with zero attached hydrogens (tertiary/aromatic N) is 22. The molecule has 0 radical (unpaired) electrons. The second kappa shape index (κ2) is 45.9. The van der Waals surface area contributed by atoms with Crippen molar-refractivity contribution in [1.29, 1.82) is 0 Å². The van der Waals surface area contributed by atoms with Crippen molar-refractivity contribution in [3.8, 4) is 0 Å². The van der Waals surface area contributed by atoms with Gasteiger partial charge in [0.1, 0.15) is 0 Å². The van der Waals surface area contributed by atoms with Crippen molar-refractivity contribution in [2.75, 3.05) is 161 Å². The van der Waals surface area contributed by atoms with Crippen molar-refractivity contribution in [2.45, 2.75) is 477 Å². The van der Waals surface area contributed by atoms with Gasteiger partial charge in [0.25, 0.3) is 0 Å². The van der Waals surface area contributed by atoms with Crippen LogP contribution in [-0.2, 0) is 29.0 Å². The summed E-state index contributed by atoms with van der Waals surface area (Å²) in [5.74, 6) is 5.87. The molecule has 31 nitrogen and oxygen atoms in total. The molecule has 0 atom stereocenters. The van der Waals surface area contributed by atoms with Crippen LogP contribution in [0.15, 0.2) is 0 Å². The summed E-state index contributed by atoms with van der Waals surface area (Å²) >= 11 is 0. The SMILES string of the molecule is CCCCN(c1nc(NCCCNCCNCCCN(c2nc(N(CCCC)C3CC(C)(C)N(OC)C(C)(C)C3)nc(N(CCCC)C3CC(C)(C)N(OC)C(C)(C)C3)n2)c2nc(N(CCCC)C3CC(C)(C)N(OC)C(C)(C)C3)nc(N(CCCC)C3CC(C)(C)N(OC)C(C)(C)C3)n2)nc(N(CCCC)C2CC(C)(C)N(OC)C(C)(C)C2)n1)C1CC(C)(C)N(OC)C(C)(C)C1. The Morgan fingerprint density at radius 3 is 0.583 bits per heavy atom. The lowest BCUT2D eigenvalue weighted by atomic mass is 9.78. The highest BCUT2D eigenvalue weighted by Crippen LogP contribution is 2.50. The smallest absolute Gasteiger partial charge is 0.238 e. The van der Waals surface area contributed by atoms with Gasteiger partial charge in [-0.2, -0.15) is 75.2 Å². The first-order chi connectivity index (χ1) is 61.8. The largest absolute Gasteiger partial charge is 0.354 e. The van der Waals surface area contributed by atoms with Crippen LogP contribution in [0.5, 0.6) is 0 Å². The minimum Gasteiger partial charge on any atom is -0.354 e. The summed E-state index contributed by atoms with van der Waals surface area (Å²) < 4.78 is 0. The van der Waals surface area contributed by atoms with Crippen LogP contribution in [0.3, 0.4) is 0 Å². The molecule has 0 aliphatic carbocycles. The molecule has 6 aliphatic rings. The van der Waals surface area contributed by atoms with E-state index in [1.54, 1.807) is 0 Å². The molecule has 9 rings (SSSR count). The molecule has 758 valence electrons. The highest BCUT2D eigenvalue weighted by Gasteiger charge is 2.56. The lowest BCUT2D eigenvalue weighted by molar-refractivity contribution is -0.266. The van der Waals surface area contributed by atoms with E-state index < -0.39 is 0 Å². The van der Waals surface area contributed by atoms with E-state index in [4.69, 9.17) is 73.9 Å². The Kier molecular flexibility index (Phi) is 38.4. The molecule has 0 bridgehead atoms. The second-order valence-electron chi connectivity index (χ2n) is 47.3. The van der Waals surface area contributed by atoms with Crippen LogP contribution in [-0.4, -0.2) is 299 Å². The Bertz CT molecular complexity index is 3520. The van der Waals surface area contributed by atoms with E-state index in [9.17, 15) is 0 Å². The van der Waals surface area contributed by atoms with Crippen molar-refractivity contribution < 1.29 is 29.0 Å². The molecule has 132 heavy (non-hydrogen) atoms. The molecule has 3 N–H and O–H groups in total. The Labute approximate surface area is 802 Å². The maximum Gasteiger partial charge on any atom is 0.238 e. The Hall–Kier alpha value is -5.13. The number of unbranched alkanes of at least 4 members (excludes halogenated alkanes) is 6. The highest BCUT2D eigenvalue weighted by atomic mass is 16.7. The van der Waals surface area contributed by atoms with Gasteiger partial charge in [-0.15, -0.1) is 0 Å². The van der Waals surface area contributed by atoms with E-state index >= 15 is 0 Å². The fourth-order valence-corrected chi connectivity index (χ4v) is 25.8. The third-order valence-corrected chi connectivity index (χ3v) is 29.5. The average molecular weight is 1850 g/mol. The van der Waals surface area contributed by atoms with Gasteiger partial charge in [-0.1, -0.05) is 80.1 Å². The Morgan fingerprint density at radius 1 is 0.227 bits per heavy atom. The zero-order valence-corrected chi connectivity index (χ0v) is 90.6. The second-order valence-corrected chi connectivity index (χ2v) is 47.3. The third kappa shape index (κ3) is 26.5. The normalized spacial score (nSPS) is 22.5. The van der Waals surface area contributed by atoms with E-state index in [-0.39, 0.29) is 103 Å². The van der Waals surface area contributed by atoms with E-state index in [0.717, 1.165) is 231 Å². The predicted octanol–water partition coefficient (Wildman–Crippen LogP) is 18.6. The van der Waals surface area contributed by atoms with E-state index in [0.29, 0.717) is 67.7 Å². The van der Waals surface area contributed by atoms with E-state index in [1.807, 2.05) is 42.7 Å². The van der Waals surface area contributed by atoms with E-state index in [1.165, 1.54) is 0 Å². The standard InChI is InChI=1S/C101H193N25O6/c1-37-43-56-114(75-63-90(7,8)121(127-31)91(9,10)64-75)82-105-81(106-83(107-82)115(57-44-38-2)76-65-92(11,12)122(128-32)93(13,14)66-76)104-53-49-51-102-54-55-103-52-50-62-120(88-110-84(116(58-45-39-3)77-67-94(15,16)123(129-33)95(17,18)68-77)108-85(111-88)117(59-46-40-4)78-69-96(19,20)124(130-34)97(21,22)70-78)89-112-86(118(60-47-41-5)79-71-98(23,24)125(131-35)99(25,26)72-79)109-87(113-89)119(61-48-42-6)80-73-100(27,28)126(132-36)101(29,30)74-80/h75-80,102-103H,37-74H2,1-36H3,(H,104,105,106,107). The lowest BCUT2D eigenvalue weighted by Gasteiger charge is -2.55. The van der Waals surface area contributed by atoms with Crippen LogP contribution < -0.4 is 50.2 Å². The van der Waals surface area contributed by atoms with Crippen LogP contribution >= 0.6 is 0 Å². The van der Waals surface area contributed by atoms with E-state index in [2.05, 4.69) is 288 Å². The molecule has 31 heteroatoms. The first kappa shape index (κ1) is 111. The molecule has 0 saturated carbocycles. The fraction of sp³-hybridized carbons (Fsp3) is 0.911. The Morgan fingerprint density at radius 2 is 0.402 bits per heavy atom. The zero-order valence-electron chi connectivity index (χ0n) is 90.6. The maximum absolute atomic E-state index is 6.34. The van der Waals surface area contributed by atoms with Crippen LogP contribution in [0.2, 0.25) is 0 Å². The van der Waals surface area contributed by atoms with Gasteiger partial charge in [-0.25, -0.2) is 0 Å². The molecule has 0 unspecified atom stereocenters. The number of aromatic nitrogens is 9. The third-order valence-electron chi connectivity index (χ3n) is 29.5. The van der Waals surface area contributed by atoms with Gasteiger partial charge in [0, 0.05) is 168 Å². The first-order valence-electron chi connectivity index (χ1n) is 51.7. The monoisotopic (exact) mass is 1850 g/mol. The van der Waals surface area contributed by atoms with Crippen molar-refractivity contribution >= 4 is 53.5 Å². The van der Waals surface area contributed by atoms with Gasteiger partial charge < -0.3 is 74.4 Å². The zero-order chi connectivity index (χ0) is 97.8. The molecule has 6 aliphatic heterocycles. The average Bonchev–Trinajstić information content (AvgIpc) is 0.754. The van der Waals surface area contributed by atoms with Gasteiger partial charge in [0.05, 0.1) is 42.7 Å². The summed E-state index contributed by atoms with van der Waals surface area (Å²) in [5, 5.41) is 24.8. The molecule has 0 amide bonds. The van der Waals surface area contributed by atoms with Crippen molar-refractivity contribution in [3.63, 3.8) is 0 Å². The van der Waals surface area contributed by atoms with Crippen LogP contribution in [0.25, 0.3) is 0 Å². The predicted molar refractivity (Wildman–Crippen MR) is 544 cm³/mol. The number of hydrogen-bond donors (Lipinski definition) is 3. The van der Waals surface area contributed by atoms with Crippen LogP contribution in [0.1, 0.15) is 375 Å². The summed E-state index contributed by atoms with van der Waals surface area (Å²) in [7, 11) is 10.9. The molecule has 6 saturated heterocycles. The molecule has 0 spiro atoms. The summed E-state index contributed by atoms with van der Waals surface area (Å²) in [5.41, 5.74) is -3.54. The van der Waals surface area contributed by atoms with Gasteiger partial charge in [-0.05, 0) is 308 Å². The molecule has 9 heterocycles. The first-order valence-corrected chi connectivity index (χ1v) is 51.7. The van der Waals surface area contributed by atoms with Crippen molar-refractivity contribution in [1.82, 2.24) is 85.9 Å². The van der Waals surface area contributed by atoms with Crippen molar-refractivity contribution in [3.05, 3.63) is 0 Å². The minimum atomic E-state index is -0.325. The molecular formula is C101H193N25O6. The number of piperidine rings is 6. The number of hydroxylamine groups is 12. The highest BCUT2D eigenvalue weighted by molar-refractivity contribution is 5.58.